The highest BCUT2D eigenvalue weighted by atomic mass is 35.5. The number of aromatic nitrogens is 1. The molecule has 3 N–H and O–H groups in total. The Balaban J connectivity index is 1.66. The first-order valence-electron chi connectivity index (χ1n) is 9.48. The van der Waals surface area contributed by atoms with Crippen LogP contribution in [0.1, 0.15) is 5.56 Å². The number of hydrogen-bond donors (Lipinski definition) is 3. The normalized spacial score (nSPS) is 11.9. The van der Waals surface area contributed by atoms with Crippen molar-refractivity contribution >= 4 is 49.6 Å². The molecule has 0 bridgehead atoms. The number of hydrogen-bond acceptors (Lipinski definition) is 7. The lowest BCUT2D eigenvalue weighted by molar-refractivity contribution is -0.384. The Kier molecular flexibility index (Phi) is 6.09. The number of azo groups is 1. The number of sulfonamides is 1. The number of rotatable bonds is 7. The van der Waals surface area contributed by atoms with Crippen molar-refractivity contribution in [2.75, 3.05) is 0 Å². The van der Waals surface area contributed by atoms with Crippen LogP contribution in [0.2, 0.25) is 5.02 Å². The Labute approximate surface area is 192 Å². The Bertz CT molecular complexity index is 1480. The number of nitrogens with zero attached hydrogens (tertiary/aromatic N) is 3. The monoisotopic (exact) mass is 485 g/mol. The van der Waals surface area contributed by atoms with Crippen LogP contribution in [0, 0.1) is 10.1 Å². The van der Waals surface area contributed by atoms with Gasteiger partial charge in [0, 0.05) is 23.0 Å². The van der Waals surface area contributed by atoms with Gasteiger partial charge in [0.2, 0.25) is 15.9 Å². The fourth-order valence-corrected chi connectivity index (χ4v) is 4.25. The minimum absolute atomic E-state index is 0.00958. The molecule has 0 radical (unpaired) electrons. The topological polar surface area (TPSA) is 150 Å². The lowest BCUT2D eigenvalue weighted by atomic mass is 10.2. The van der Waals surface area contributed by atoms with Crippen molar-refractivity contribution in [1.29, 1.82) is 0 Å². The minimum Gasteiger partial charge on any atom is -0.493 e. The molecule has 1 heterocycles. The molecule has 0 fully saturated rings. The zero-order valence-electron chi connectivity index (χ0n) is 16.8. The number of nitro benzene ring substituents is 1. The average Bonchev–Trinajstić information content (AvgIpc) is 3.11. The molecular formula is C21H16ClN5O5S. The number of halogens is 1. The molecule has 0 saturated heterocycles. The Hall–Kier alpha value is -3.80. The average molecular weight is 486 g/mol. The smallest absolute Gasteiger partial charge is 0.296 e. The molecule has 168 valence electrons. The van der Waals surface area contributed by atoms with E-state index in [0.29, 0.717) is 10.5 Å². The largest absolute Gasteiger partial charge is 0.493 e. The molecule has 33 heavy (non-hydrogen) atoms. The molecule has 0 aliphatic rings. The third kappa shape index (κ3) is 4.85. The number of nitrogens with one attached hydrogen (secondary N) is 2. The highest BCUT2D eigenvalue weighted by Gasteiger charge is 2.19. The predicted molar refractivity (Wildman–Crippen MR) is 123 cm³/mol. The van der Waals surface area contributed by atoms with Gasteiger partial charge in [0.1, 0.15) is 0 Å². The number of aromatic hydroxyl groups is 1. The molecule has 0 aliphatic heterocycles. The lowest BCUT2D eigenvalue weighted by Crippen LogP contribution is -2.23. The second-order valence-electron chi connectivity index (χ2n) is 6.93. The lowest BCUT2D eigenvalue weighted by Gasteiger charge is -2.07. The minimum atomic E-state index is -3.89. The van der Waals surface area contributed by atoms with Crippen LogP contribution in [0.4, 0.5) is 17.1 Å². The van der Waals surface area contributed by atoms with E-state index < -0.39 is 14.9 Å². The number of benzene rings is 3. The summed E-state index contributed by atoms with van der Waals surface area (Å²) in [6.07, 6.45) is 0. The van der Waals surface area contributed by atoms with E-state index in [0.717, 1.165) is 5.56 Å². The maximum atomic E-state index is 12.8. The molecule has 3 aromatic carbocycles. The van der Waals surface area contributed by atoms with E-state index in [1.807, 2.05) is 0 Å². The van der Waals surface area contributed by atoms with Crippen molar-refractivity contribution in [2.24, 2.45) is 10.2 Å². The second-order valence-corrected chi connectivity index (χ2v) is 9.13. The first-order chi connectivity index (χ1) is 15.7. The van der Waals surface area contributed by atoms with E-state index in [4.69, 9.17) is 11.6 Å². The van der Waals surface area contributed by atoms with Gasteiger partial charge < -0.3 is 10.1 Å². The van der Waals surface area contributed by atoms with E-state index in [2.05, 4.69) is 19.9 Å². The van der Waals surface area contributed by atoms with Gasteiger partial charge in [0.05, 0.1) is 15.3 Å². The fraction of sp³-hybridized carbons (Fsp3) is 0.0476. The highest BCUT2D eigenvalue weighted by molar-refractivity contribution is 7.89. The number of H-pyrrole nitrogens is 1. The molecule has 4 aromatic rings. The van der Waals surface area contributed by atoms with E-state index in [1.165, 1.54) is 36.4 Å². The molecule has 10 nitrogen and oxygen atoms in total. The van der Waals surface area contributed by atoms with Crippen LogP contribution in [-0.2, 0) is 16.6 Å². The quantitative estimate of drug-likeness (QED) is 0.183. The molecule has 0 saturated carbocycles. The predicted octanol–water partition coefficient (Wildman–Crippen LogP) is 5.33. The first kappa shape index (κ1) is 22.4. The van der Waals surface area contributed by atoms with Gasteiger partial charge in [-0.25, -0.2) is 13.1 Å². The van der Waals surface area contributed by atoms with E-state index >= 15 is 0 Å². The molecule has 1 aromatic heterocycles. The summed E-state index contributed by atoms with van der Waals surface area (Å²) in [6.45, 7) is 0.0557. The number of aromatic amines is 1. The molecular weight excluding hydrogens is 470 g/mol. The van der Waals surface area contributed by atoms with Crippen molar-refractivity contribution in [1.82, 2.24) is 9.71 Å². The van der Waals surface area contributed by atoms with Gasteiger partial charge in [-0.1, -0.05) is 35.9 Å². The van der Waals surface area contributed by atoms with Gasteiger partial charge in [-0.3, -0.25) is 10.1 Å². The van der Waals surface area contributed by atoms with Crippen LogP contribution in [0.25, 0.3) is 10.9 Å². The summed E-state index contributed by atoms with van der Waals surface area (Å²) < 4.78 is 28.1. The van der Waals surface area contributed by atoms with Crippen LogP contribution in [-0.4, -0.2) is 23.4 Å². The van der Waals surface area contributed by atoms with Crippen molar-refractivity contribution in [3.05, 3.63) is 87.4 Å². The fourth-order valence-electron chi connectivity index (χ4n) is 3.08. The SMILES string of the molecule is O=[N+]([O-])c1ccccc1N=Nc1c(O)[nH]c2ccc(S(=O)(=O)NCc3ccc(Cl)cc3)cc12. The summed E-state index contributed by atoms with van der Waals surface area (Å²) in [6, 6.07) is 16.7. The molecule has 0 amide bonds. The van der Waals surface area contributed by atoms with Crippen molar-refractivity contribution < 1.29 is 18.4 Å². The number of nitro groups is 1. The molecule has 0 aliphatic carbocycles. The number of para-hydroxylation sites is 1. The van der Waals surface area contributed by atoms with Crippen LogP contribution < -0.4 is 4.72 Å². The zero-order chi connectivity index (χ0) is 23.6. The van der Waals surface area contributed by atoms with Crippen LogP contribution in [0.5, 0.6) is 5.88 Å². The summed E-state index contributed by atoms with van der Waals surface area (Å²) in [5, 5.41) is 30.1. The summed E-state index contributed by atoms with van der Waals surface area (Å²) in [5.41, 5.74) is 0.834. The van der Waals surface area contributed by atoms with Crippen molar-refractivity contribution in [2.45, 2.75) is 11.4 Å². The van der Waals surface area contributed by atoms with Crippen molar-refractivity contribution in [3.8, 4) is 5.88 Å². The Morgan fingerprint density at radius 3 is 2.52 bits per heavy atom. The van der Waals surface area contributed by atoms with Gasteiger partial charge in [-0.15, -0.1) is 10.2 Å². The van der Waals surface area contributed by atoms with Crippen LogP contribution in [0.15, 0.2) is 81.9 Å². The number of fused-ring (bicyclic) bond motifs is 1. The van der Waals surface area contributed by atoms with E-state index in [1.54, 1.807) is 30.3 Å². The van der Waals surface area contributed by atoms with E-state index in [9.17, 15) is 23.6 Å². The Morgan fingerprint density at radius 1 is 1.06 bits per heavy atom. The molecule has 12 heteroatoms. The third-order valence-corrected chi connectivity index (χ3v) is 6.40. The zero-order valence-corrected chi connectivity index (χ0v) is 18.3. The summed E-state index contributed by atoms with van der Waals surface area (Å²) in [5.74, 6) is -0.351. The maximum absolute atomic E-state index is 12.8. The van der Waals surface area contributed by atoms with Gasteiger partial charge in [0.15, 0.2) is 11.4 Å². The summed E-state index contributed by atoms with van der Waals surface area (Å²) in [4.78, 5) is 13.2. The van der Waals surface area contributed by atoms with Gasteiger partial charge in [-0.2, -0.15) is 0 Å². The summed E-state index contributed by atoms with van der Waals surface area (Å²) in [7, 11) is -3.89. The molecule has 0 unspecified atom stereocenters. The first-order valence-corrected chi connectivity index (χ1v) is 11.3. The highest BCUT2D eigenvalue weighted by Crippen LogP contribution is 2.38. The molecule has 0 spiro atoms. The van der Waals surface area contributed by atoms with Crippen LogP contribution >= 0.6 is 11.6 Å². The molecule has 0 atom stereocenters. The van der Waals surface area contributed by atoms with Crippen molar-refractivity contribution in [3.63, 3.8) is 0 Å². The van der Waals surface area contributed by atoms with E-state index in [-0.39, 0.29) is 39.8 Å². The Morgan fingerprint density at radius 2 is 1.79 bits per heavy atom. The van der Waals surface area contributed by atoms with Gasteiger partial charge in [0.25, 0.3) is 5.69 Å². The summed E-state index contributed by atoms with van der Waals surface area (Å²) >= 11 is 5.85. The second kappa shape index (κ2) is 8.98. The maximum Gasteiger partial charge on any atom is 0.296 e. The molecule has 4 rings (SSSR count). The van der Waals surface area contributed by atoms with Gasteiger partial charge in [-0.05, 0) is 42.0 Å². The third-order valence-electron chi connectivity index (χ3n) is 4.75. The van der Waals surface area contributed by atoms with Gasteiger partial charge >= 0.3 is 0 Å². The van der Waals surface area contributed by atoms with Crippen LogP contribution in [0.3, 0.4) is 0 Å². The standard InChI is InChI=1S/C21H16ClN5O5S/c22-14-7-5-13(6-8-14)12-23-33(31,32)15-9-10-17-16(11-15)20(21(28)24-17)26-25-18-3-1-2-4-19(18)27(29)30/h1-11,23-24,28H,12H2.